The molecule has 138 valence electrons. The second-order valence-corrected chi connectivity index (χ2v) is 7.80. The lowest BCUT2D eigenvalue weighted by molar-refractivity contribution is -0.121. The van der Waals surface area contributed by atoms with E-state index < -0.39 is 0 Å². The Kier molecular flexibility index (Phi) is 4.66. The van der Waals surface area contributed by atoms with Crippen LogP contribution in [-0.2, 0) is 11.2 Å². The van der Waals surface area contributed by atoms with Crippen molar-refractivity contribution in [2.45, 2.75) is 39.7 Å². The number of benzene rings is 1. The average Bonchev–Trinajstić information content (AvgIpc) is 3.30. The van der Waals surface area contributed by atoms with Gasteiger partial charge in [0.15, 0.2) is 5.65 Å². The lowest BCUT2D eigenvalue weighted by Gasteiger charge is -2.14. The van der Waals surface area contributed by atoms with Gasteiger partial charge in [-0.25, -0.2) is 9.50 Å². The van der Waals surface area contributed by atoms with Crippen molar-refractivity contribution in [2.75, 3.05) is 0 Å². The maximum atomic E-state index is 12.4. The van der Waals surface area contributed by atoms with Gasteiger partial charge in [-0.15, -0.1) is 11.3 Å². The van der Waals surface area contributed by atoms with Gasteiger partial charge in [0.2, 0.25) is 5.91 Å². The predicted octanol–water partition coefficient (Wildman–Crippen LogP) is 4.37. The van der Waals surface area contributed by atoms with E-state index in [-0.39, 0.29) is 11.9 Å². The molecule has 0 aliphatic heterocycles. The lowest BCUT2D eigenvalue weighted by atomic mass is 10.1. The van der Waals surface area contributed by atoms with Crippen LogP contribution in [0.5, 0.6) is 0 Å². The van der Waals surface area contributed by atoms with E-state index in [9.17, 15) is 4.79 Å². The van der Waals surface area contributed by atoms with E-state index in [1.807, 2.05) is 60.1 Å². The second kappa shape index (κ2) is 7.12. The van der Waals surface area contributed by atoms with Crippen molar-refractivity contribution in [3.8, 4) is 0 Å². The summed E-state index contributed by atoms with van der Waals surface area (Å²) in [6, 6.07) is 12.1. The molecule has 3 aromatic heterocycles. The Labute approximate surface area is 162 Å². The van der Waals surface area contributed by atoms with Crippen LogP contribution in [-0.4, -0.2) is 20.5 Å². The SMILES string of the molecule is Cc1nc2c3ccccc3nn2c(C)c1CCC(=O)N[C@@H](C)c1cccs1. The number of aromatic nitrogens is 3. The molecule has 1 amide bonds. The summed E-state index contributed by atoms with van der Waals surface area (Å²) < 4.78 is 1.90. The lowest BCUT2D eigenvalue weighted by Crippen LogP contribution is -2.26. The molecule has 4 rings (SSSR count). The zero-order chi connectivity index (χ0) is 19.0. The van der Waals surface area contributed by atoms with E-state index in [0.717, 1.165) is 33.5 Å². The van der Waals surface area contributed by atoms with Crippen molar-refractivity contribution in [3.63, 3.8) is 0 Å². The molecule has 0 spiro atoms. The van der Waals surface area contributed by atoms with Gasteiger partial charge in [0.1, 0.15) is 0 Å². The largest absolute Gasteiger partial charge is 0.349 e. The molecule has 1 aromatic carbocycles. The molecule has 0 unspecified atom stereocenters. The van der Waals surface area contributed by atoms with Crippen molar-refractivity contribution < 1.29 is 4.79 Å². The monoisotopic (exact) mass is 378 g/mol. The molecule has 5 nitrogen and oxygen atoms in total. The van der Waals surface area contributed by atoms with Gasteiger partial charge in [0.25, 0.3) is 0 Å². The van der Waals surface area contributed by atoms with Crippen LogP contribution in [0.2, 0.25) is 0 Å². The number of hydrogen-bond acceptors (Lipinski definition) is 4. The molecule has 0 fully saturated rings. The maximum Gasteiger partial charge on any atom is 0.220 e. The molecular formula is C21H22N4OS. The summed E-state index contributed by atoms with van der Waals surface area (Å²) in [5.41, 5.74) is 4.92. The number of rotatable bonds is 5. The van der Waals surface area contributed by atoms with Crippen molar-refractivity contribution >= 4 is 33.8 Å². The van der Waals surface area contributed by atoms with Crippen LogP contribution in [0, 0.1) is 13.8 Å². The zero-order valence-electron chi connectivity index (χ0n) is 15.7. The Balaban J connectivity index is 1.55. The third-order valence-corrected chi connectivity index (χ3v) is 6.02. The minimum absolute atomic E-state index is 0.0386. The number of fused-ring (bicyclic) bond motifs is 3. The molecular weight excluding hydrogens is 356 g/mol. The molecule has 27 heavy (non-hydrogen) atoms. The summed E-state index contributed by atoms with van der Waals surface area (Å²) in [6.07, 6.45) is 1.09. The summed E-state index contributed by atoms with van der Waals surface area (Å²) in [4.78, 5) is 18.3. The van der Waals surface area contributed by atoms with Crippen LogP contribution in [0.25, 0.3) is 16.6 Å². The summed E-state index contributed by atoms with van der Waals surface area (Å²) in [5.74, 6) is 0.0559. The van der Waals surface area contributed by atoms with Gasteiger partial charge in [0.05, 0.1) is 11.6 Å². The quantitative estimate of drug-likeness (QED) is 0.561. The minimum atomic E-state index is 0.0386. The molecule has 0 saturated heterocycles. The van der Waals surface area contributed by atoms with Gasteiger partial charge < -0.3 is 5.32 Å². The molecule has 0 saturated carbocycles. The van der Waals surface area contributed by atoms with E-state index >= 15 is 0 Å². The molecule has 0 aliphatic rings. The number of carbonyl (C=O) groups is 1. The van der Waals surface area contributed by atoms with E-state index in [4.69, 9.17) is 4.98 Å². The van der Waals surface area contributed by atoms with Gasteiger partial charge in [0, 0.05) is 28.1 Å². The van der Waals surface area contributed by atoms with E-state index in [1.165, 1.54) is 4.88 Å². The molecule has 0 radical (unpaired) electrons. The molecule has 1 atom stereocenters. The van der Waals surface area contributed by atoms with Crippen LogP contribution in [0.3, 0.4) is 0 Å². The van der Waals surface area contributed by atoms with Crippen molar-refractivity contribution in [1.29, 1.82) is 0 Å². The van der Waals surface area contributed by atoms with Crippen LogP contribution >= 0.6 is 11.3 Å². The Hall–Kier alpha value is -2.73. The van der Waals surface area contributed by atoms with Crippen LogP contribution < -0.4 is 5.32 Å². The van der Waals surface area contributed by atoms with Gasteiger partial charge in [-0.1, -0.05) is 18.2 Å². The Bertz CT molecular complexity index is 1110. The maximum absolute atomic E-state index is 12.4. The first kappa shape index (κ1) is 17.7. The first-order chi connectivity index (χ1) is 13.0. The molecule has 3 heterocycles. The smallest absolute Gasteiger partial charge is 0.220 e. The van der Waals surface area contributed by atoms with Crippen LogP contribution in [0.1, 0.15) is 41.2 Å². The number of nitrogens with one attached hydrogen (secondary N) is 1. The Morgan fingerprint density at radius 2 is 2.04 bits per heavy atom. The Morgan fingerprint density at radius 3 is 2.81 bits per heavy atom. The van der Waals surface area contributed by atoms with Crippen LogP contribution in [0.15, 0.2) is 41.8 Å². The minimum Gasteiger partial charge on any atom is -0.349 e. The Morgan fingerprint density at radius 1 is 1.22 bits per heavy atom. The predicted molar refractivity (Wildman–Crippen MR) is 109 cm³/mol. The summed E-state index contributed by atoms with van der Waals surface area (Å²) in [6.45, 7) is 6.08. The van der Waals surface area contributed by atoms with E-state index in [2.05, 4.69) is 17.3 Å². The first-order valence-corrected chi connectivity index (χ1v) is 9.99. The van der Waals surface area contributed by atoms with E-state index in [0.29, 0.717) is 12.8 Å². The van der Waals surface area contributed by atoms with E-state index in [1.54, 1.807) is 11.3 Å². The van der Waals surface area contributed by atoms with Crippen molar-refractivity contribution in [3.05, 3.63) is 63.6 Å². The van der Waals surface area contributed by atoms with Crippen molar-refractivity contribution in [2.24, 2.45) is 0 Å². The number of thiophene rings is 1. The highest BCUT2D eigenvalue weighted by molar-refractivity contribution is 7.10. The topological polar surface area (TPSA) is 59.3 Å². The van der Waals surface area contributed by atoms with Gasteiger partial charge in [-0.3, -0.25) is 4.79 Å². The molecule has 6 heteroatoms. The first-order valence-electron chi connectivity index (χ1n) is 9.11. The number of amides is 1. The fourth-order valence-electron chi connectivity index (χ4n) is 3.50. The fraction of sp³-hybridized carbons (Fsp3) is 0.286. The number of aryl methyl sites for hydroxylation is 2. The second-order valence-electron chi connectivity index (χ2n) is 6.82. The van der Waals surface area contributed by atoms with Gasteiger partial charge in [-0.05, 0) is 56.3 Å². The zero-order valence-corrected chi connectivity index (χ0v) is 16.5. The standard InChI is InChI=1S/C21H22N4OS/c1-13-16(10-11-20(26)22-14(2)19-9-6-12-27-19)15(3)25-21(23-13)17-7-4-5-8-18(17)24-25/h4-9,12,14H,10-11H2,1-3H3,(H,22,26)/t14-/m0/s1. The summed E-state index contributed by atoms with van der Waals surface area (Å²) in [7, 11) is 0. The number of hydrogen-bond donors (Lipinski definition) is 1. The molecule has 1 N–H and O–H groups in total. The fourth-order valence-corrected chi connectivity index (χ4v) is 4.23. The molecule has 0 bridgehead atoms. The highest BCUT2D eigenvalue weighted by atomic mass is 32.1. The average molecular weight is 379 g/mol. The van der Waals surface area contributed by atoms with Gasteiger partial charge in [-0.2, -0.15) is 5.10 Å². The third kappa shape index (κ3) is 3.32. The number of nitrogens with zero attached hydrogens (tertiary/aromatic N) is 3. The highest BCUT2D eigenvalue weighted by Crippen LogP contribution is 2.23. The molecule has 4 aromatic rings. The number of carbonyl (C=O) groups excluding carboxylic acids is 1. The highest BCUT2D eigenvalue weighted by Gasteiger charge is 2.16. The van der Waals surface area contributed by atoms with Gasteiger partial charge >= 0.3 is 0 Å². The van der Waals surface area contributed by atoms with Crippen LogP contribution in [0.4, 0.5) is 0 Å². The summed E-state index contributed by atoms with van der Waals surface area (Å²) >= 11 is 1.66. The normalized spacial score (nSPS) is 12.6. The summed E-state index contributed by atoms with van der Waals surface area (Å²) in [5, 5.41) is 10.8. The molecule has 0 aliphatic carbocycles. The third-order valence-electron chi connectivity index (χ3n) is 4.97. The van der Waals surface area contributed by atoms with Crippen molar-refractivity contribution in [1.82, 2.24) is 19.9 Å².